The van der Waals surface area contributed by atoms with Gasteiger partial charge in [0.1, 0.15) is 5.75 Å². The second-order valence-corrected chi connectivity index (χ2v) is 3.76. The molecule has 0 radical (unpaired) electrons. The summed E-state index contributed by atoms with van der Waals surface area (Å²) in [5, 5.41) is 0. The van der Waals surface area contributed by atoms with Gasteiger partial charge in [-0.1, -0.05) is 24.3 Å². The topological polar surface area (TPSA) is 38.5 Å². The maximum Gasteiger partial charge on any atom is 0.119 e. The van der Waals surface area contributed by atoms with Crippen LogP contribution in [0.5, 0.6) is 5.75 Å². The standard InChI is InChI=1S/C13H20N2O/c1-15(9-4-3-8-14)11-12-6-5-7-13(10-12)16-2/h3-7,10H,8-9,11,14H2,1-2H3. The van der Waals surface area contributed by atoms with E-state index in [9.17, 15) is 0 Å². The monoisotopic (exact) mass is 220 g/mol. The normalized spacial score (nSPS) is 11.2. The van der Waals surface area contributed by atoms with E-state index in [-0.39, 0.29) is 0 Å². The fourth-order valence-electron chi connectivity index (χ4n) is 1.50. The van der Waals surface area contributed by atoms with Gasteiger partial charge in [0.05, 0.1) is 7.11 Å². The van der Waals surface area contributed by atoms with E-state index in [0.29, 0.717) is 6.54 Å². The molecule has 88 valence electrons. The highest BCUT2D eigenvalue weighted by atomic mass is 16.5. The molecule has 1 aromatic carbocycles. The van der Waals surface area contributed by atoms with Gasteiger partial charge in [-0.2, -0.15) is 0 Å². The van der Waals surface area contributed by atoms with Crippen LogP contribution >= 0.6 is 0 Å². The summed E-state index contributed by atoms with van der Waals surface area (Å²) < 4.78 is 5.19. The van der Waals surface area contributed by atoms with Gasteiger partial charge in [0, 0.05) is 19.6 Å². The number of hydrogen-bond donors (Lipinski definition) is 1. The molecular weight excluding hydrogens is 200 g/mol. The van der Waals surface area contributed by atoms with Crippen molar-refractivity contribution in [1.82, 2.24) is 4.90 Å². The molecule has 2 N–H and O–H groups in total. The highest BCUT2D eigenvalue weighted by molar-refractivity contribution is 5.28. The number of nitrogens with two attached hydrogens (primary N) is 1. The molecule has 16 heavy (non-hydrogen) atoms. The van der Waals surface area contributed by atoms with Crippen molar-refractivity contribution in [1.29, 1.82) is 0 Å². The second-order valence-electron chi connectivity index (χ2n) is 3.76. The second kappa shape index (κ2) is 7.04. The smallest absolute Gasteiger partial charge is 0.119 e. The molecule has 3 heteroatoms. The van der Waals surface area contributed by atoms with Crippen molar-refractivity contribution < 1.29 is 4.74 Å². The van der Waals surface area contributed by atoms with Gasteiger partial charge in [-0.15, -0.1) is 0 Å². The van der Waals surface area contributed by atoms with Gasteiger partial charge in [-0.25, -0.2) is 0 Å². The summed E-state index contributed by atoms with van der Waals surface area (Å²) in [5.74, 6) is 0.906. The largest absolute Gasteiger partial charge is 0.497 e. The van der Waals surface area contributed by atoms with Crippen LogP contribution in [-0.4, -0.2) is 32.1 Å². The predicted octanol–water partition coefficient (Wildman–Crippen LogP) is 1.64. The Morgan fingerprint density at radius 3 is 2.88 bits per heavy atom. The van der Waals surface area contributed by atoms with E-state index in [0.717, 1.165) is 18.8 Å². The van der Waals surface area contributed by atoms with Crippen molar-refractivity contribution in [2.24, 2.45) is 5.73 Å². The summed E-state index contributed by atoms with van der Waals surface area (Å²) in [6.07, 6.45) is 4.06. The Hall–Kier alpha value is -1.32. The van der Waals surface area contributed by atoms with Gasteiger partial charge in [0.15, 0.2) is 0 Å². The molecule has 0 unspecified atom stereocenters. The minimum Gasteiger partial charge on any atom is -0.497 e. The molecule has 0 spiro atoms. The Morgan fingerprint density at radius 1 is 1.38 bits per heavy atom. The van der Waals surface area contributed by atoms with Gasteiger partial charge < -0.3 is 10.5 Å². The first-order valence-electron chi connectivity index (χ1n) is 5.43. The van der Waals surface area contributed by atoms with Crippen molar-refractivity contribution in [3.05, 3.63) is 42.0 Å². The number of likely N-dealkylation sites (N-methyl/N-ethyl adjacent to an activating group) is 1. The molecule has 0 saturated carbocycles. The van der Waals surface area contributed by atoms with Gasteiger partial charge in [-0.05, 0) is 24.7 Å². The lowest BCUT2D eigenvalue weighted by Gasteiger charge is -2.14. The number of ether oxygens (including phenoxy) is 1. The molecule has 0 bridgehead atoms. The van der Waals surface area contributed by atoms with Crippen molar-refractivity contribution in [2.45, 2.75) is 6.54 Å². The van der Waals surface area contributed by atoms with Crippen LogP contribution in [0.4, 0.5) is 0 Å². The predicted molar refractivity (Wildman–Crippen MR) is 67.5 cm³/mol. The summed E-state index contributed by atoms with van der Waals surface area (Å²) >= 11 is 0. The SMILES string of the molecule is COc1cccc(CN(C)CC=CCN)c1. The summed E-state index contributed by atoms with van der Waals surface area (Å²) in [4.78, 5) is 2.22. The van der Waals surface area contributed by atoms with Crippen LogP contribution in [-0.2, 0) is 6.54 Å². The van der Waals surface area contributed by atoms with Crippen molar-refractivity contribution >= 4 is 0 Å². The maximum atomic E-state index is 5.38. The van der Waals surface area contributed by atoms with Crippen LogP contribution in [0.25, 0.3) is 0 Å². The Bertz CT molecular complexity index is 336. The number of nitrogens with zero attached hydrogens (tertiary/aromatic N) is 1. The quantitative estimate of drug-likeness (QED) is 0.741. The van der Waals surface area contributed by atoms with Crippen LogP contribution in [0.1, 0.15) is 5.56 Å². The molecule has 0 fully saturated rings. The van der Waals surface area contributed by atoms with E-state index < -0.39 is 0 Å². The van der Waals surface area contributed by atoms with Crippen molar-refractivity contribution in [2.75, 3.05) is 27.2 Å². The summed E-state index contributed by atoms with van der Waals surface area (Å²) in [6.45, 7) is 2.42. The molecule has 1 rings (SSSR count). The molecule has 3 nitrogen and oxygen atoms in total. The van der Waals surface area contributed by atoms with Gasteiger partial charge in [-0.3, -0.25) is 4.90 Å². The zero-order valence-corrected chi connectivity index (χ0v) is 10.0. The van der Waals surface area contributed by atoms with Crippen molar-refractivity contribution in [3.63, 3.8) is 0 Å². The molecular formula is C13H20N2O. The number of rotatable bonds is 6. The molecule has 1 aromatic rings. The zero-order valence-electron chi connectivity index (χ0n) is 10.0. The highest BCUT2D eigenvalue weighted by Crippen LogP contribution is 2.13. The molecule has 0 atom stereocenters. The average Bonchev–Trinajstić information content (AvgIpc) is 2.29. The Labute approximate surface area is 97.5 Å². The fourth-order valence-corrected chi connectivity index (χ4v) is 1.50. The molecule has 0 aromatic heterocycles. The lowest BCUT2D eigenvalue weighted by Crippen LogP contribution is -2.17. The van der Waals surface area contributed by atoms with E-state index in [1.165, 1.54) is 5.56 Å². The van der Waals surface area contributed by atoms with Gasteiger partial charge in [0.2, 0.25) is 0 Å². The summed E-state index contributed by atoms with van der Waals surface area (Å²) in [6, 6.07) is 8.13. The molecule has 0 aliphatic rings. The molecule has 0 heterocycles. The molecule has 0 amide bonds. The average molecular weight is 220 g/mol. The third-order valence-electron chi connectivity index (χ3n) is 2.31. The van der Waals surface area contributed by atoms with Crippen LogP contribution < -0.4 is 10.5 Å². The molecule has 0 saturated heterocycles. The van der Waals surface area contributed by atoms with E-state index >= 15 is 0 Å². The van der Waals surface area contributed by atoms with E-state index in [4.69, 9.17) is 10.5 Å². The van der Waals surface area contributed by atoms with E-state index in [1.54, 1.807) is 7.11 Å². The summed E-state index contributed by atoms with van der Waals surface area (Å²) in [7, 11) is 3.77. The Morgan fingerprint density at radius 2 is 2.19 bits per heavy atom. The minimum absolute atomic E-state index is 0.604. The first-order chi connectivity index (χ1) is 7.76. The van der Waals surface area contributed by atoms with Gasteiger partial charge in [0.25, 0.3) is 0 Å². The first kappa shape index (κ1) is 12.7. The van der Waals surface area contributed by atoms with Gasteiger partial charge >= 0.3 is 0 Å². The van der Waals surface area contributed by atoms with E-state index in [1.807, 2.05) is 18.2 Å². The fraction of sp³-hybridized carbons (Fsp3) is 0.385. The van der Waals surface area contributed by atoms with Crippen LogP contribution in [0, 0.1) is 0 Å². The third-order valence-corrected chi connectivity index (χ3v) is 2.31. The summed E-state index contributed by atoms with van der Waals surface area (Å²) in [5.41, 5.74) is 6.64. The maximum absolute atomic E-state index is 5.38. The Balaban J connectivity index is 2.48. The number of hydrogen-bond acceptors (Lipinski definition) is 3. The third kappa shape index (κ3) is 4.47. The van der Waals surface area contributed by atoms with Crippen molar-refractivity contribution in [3.8, 4) is 5.75 Å². The van der Waals surface area contributed by atoms with Crippen LogP contribution in [0.15, 0.2) is 36.4 Å². The highest BCUT2D eigenvalue weighted by Gasteiger charge is 1.99. The Kier molecular flexibility index (Phi) is 5.61. The van der Waals surface area contributed by atoms with E-state index in [2.05, 4.69) is 30.2 Å². The molecule has 0 aliphatic carbocycles. The lowest BCUT2D eigenvalue weighted by atomic mass is 10.2. The van der Waals surface area contributed by atoms with Crippen LogP contribution in [0.2, 0.25) is 0 Å². The molecule has 0 aliphatic heterocycles. The lowest BCUT2D eigenvalue weighted by molar-refractivity contribution is 0.361. The minimum atomic E-state index is 0.604. The first-order valence-corrected chi connectivity index (χ1v) is 5.43. The number of methoxy groups -OCH3 is 1. The zero-order chi connectivity index (χ0) is 11.8. The number of benzene rings is 1. The van der Waals surface area contributed by atoms with Crippen LogP contribution in [0.3, 0.4) is 0 Å².